The molecule has 1 amide bonds. The van der Waals surface area contributed by atoms with Gasteiger partial charge in [-0.1, -0.05) is 6.07 Å². The van der Waals surface area contributed by atoms with Crippen molar-refractivity contribution in [1.82, 2.24) is 5.32 Å². The van der Waals surface area contributed by atoms with Crippen LogP contribution in [0.1, 0.15) is 42.9 Å². The second-order valence-corrected chi connectivity index (χ2v) is 5.49. The van der Waals surface area contributed by atoms with E-state index < -0.39 is 0 Å². The number of carbonyl (C=O) groups is 1. The fourth-order valence-electron chi connectivity index (χ4n) is 2.55. The fraction of sp³-hybridized carbons (Fsp3) is 0.533. The molecular weight excluding hydrogens is 240 g/mol. The van der Waals surface area contributed by atoms with Crippen LogP contribution in [0.2, 0.25) is 0 Å². The van der Waals surface area contributed by atoms with Crippen molar-refractivity contribution >= 4 is 5.91 Å². The van der Waals surface area contributed by atoms with E-state index in [-0.39, 0.29) is 18.6 Å². The topological polar surface area (TPSA) is 64.3 Å². The molecule has 2 aliphatic carbocycles. The Balaban J connectivity index is 1.61. The van der Waals surface area contributed by atoms with Gasteiger partial charge in [-0.2, -0.15) is 0 Å². The summed E-state index contributed by atoms with van der Waals surface area (Å²) in [5.74, 6) is 0.701. The van der Waals surface area contributed by atoms with Crippen LogP contribution in [0, 0.1) is 0 Å². The molecule has 0 saturated heterocycles. The summed E-state index contributed by atoms with van der Waals surface area (Å²) in [6.07, 6.45) is 5.46. The van der Waals surface area contributed by atoms with E-state index in [0.717, 1.165) is 37.9 Å². The minimum atomic E-state index is -0.0375. The number of nitrogens with one attached hydrogen (secondary N) is 1. The summed E-state index contributed by atoms with van der Waals surface area (Å²) in [4.78, 5) is 11.6. The summed E-state index contributed by atoms with van der Waals surface area (Å²) in [7, 11) is 0. The van der Waals surface area contributed by atoms with Crippen molar-refractivity contribution in [3.8, 4) is 5.75 Å². The average Bonchev–Trinajstić information content (AvgIpc) is 3.21. The Morgan fingerprint density at radius 1 is 1.37 bits per heavy atom. The average molecular weight is 260 g/mol. The van der Waals surface area contributed by atoms with Crippen LogP contribution in [-0.4, -0.2) is 18.6 Å². The van der Waals surface area contributed by atoms with Gasteiger partial charge >= 0.3 is 0 Å². The second kappa shape index (κ2) is 5.21. The minimum absolute atomic E-state index is 0.0375. The number of benzene rings is 1. The predicted octanol–water partition coefficient (Wildman–Crippen LogP) is 1.68. The number of hydrogen-bond acceptors (Lipinski definition) is 3. The van der Waals surface area contributed by atoms with Gasteiger partial charge in [0.05, 0.1) is 0 Å². The van der Waals surface area contributed by atoms with Crippen molar-refractivity contribution in [2.75, 3.05) is 6.61 Å². The molecule has 0 heterocycles. The normalized spacial score (nSPS) is 21.6. The number of nitrogens with two attached hydrogens (primary N) is 1. The van der Waals surface area contributed by atoms with Gasteiger partial charge in [-0.25, -0.2) is 0 Å². The Kier molecular flexibility index (Phi) is 3.42. The Labute approximate surface area is 113 Å². The van der Waals surface area contributed by atoms with E-state index >= 15 is 0 Å². The van der Waals surface area contributed by atoms with E-state index in [0.29, 0.717) is 6.04 Å². The molecule has 0 radical (unpaired) electrons. The zero-order chi connectivity index (χ0) is 13.2. The standard InChI is InChI=1S/C15H20N2O2/c16-14-3-1-2-10-4-7-12(8-13(10)14)19-9-15(18)17-11-5-6-11/h4,7-8,11,14H,1-3,5-6,9,16H2,(H,17,18)/t14-/m1/s1. The minimum Gasteiger partial charge on any atom is -0.484 e. The lowest BCUT2D eigenvalue weighted by atomic mass is 9.88. The van der Waals surface area contributed by atoms with E-state index in [1.54, 1.807) is 0 Å². The molecule has 1 saturated carbocycles. The first-order chi connectivity index (χ1) is 9.22. The zero-order valence-electron chi connectivity index (χ0n) is 11.0. The van der Waals surface area contributed by atoms with E-state index in [4.69, 9.17) is 10.5 Å². The van der Waals surface area contributed by atoms with Gasteiger partial charge in [0.25, 0.3) is 5.91 Å². The maximum Gasteiger partial charge on any atom is 0.258 e. The lowest BCUT2D eigenvalue weighted by Gasteiger charge is -2.22. The quantitative estimate of drug-likeness (QED) is 0.865. The maximum atomic E-state index is 11.6. The number of fused-ring (bicyclic) bond motifs is 1. The third-order valence-corrected chi connectivity index (χ3v) is 3.79. The molecule has 102 valence electrons. The highest BCUT2D eigenvalue weighted by molar-refractivity contribution is 5.78. The van der Waals surface area contributed by atoms with Gasteiger partial charge in [-0.3, -0.25) is 4.79 Å². The molecule has 0 bridgehead atoms. The molecule has 2 aliphatic rings. The van der Waals surface area contributed by atoms with E-state index in [1.807, 2.05) is 12.1 Å². The molecule has 1 aromatic carbocycles. The van der Waals surface area contributed by atoms with E-state index in [9.17, 15) is 4.79 Å². The van der Waals surface area contributed by atoms with Crippen molar-refractivity contribution in [2.24, 2.45) is 5.73 Å². The van der Waals surface area contributed by atoms with Gasteiger partial charge in [-0.05, 0) is 55.4 Å². The molecule has 4 nitrogen and oxygen atoms in total. The third kappa shape index (κ3) is 3.07. The lowest BCUT2D eigenvalue weighted by molar-refractivity contribution is -0.123. The summed E-state index contributed by atoms with van der Waals surface area (Å²) in [5, 5.41) is 2.91. The van der Waals surface area contributed by atoms with Crippen LogP contribution < -0.4 is 15.8 Å². The number of aryl methyl sites for hydroxylation is 1. The van der Waals surface area contributed by atoms with Crippen molar-refractivity contribution in [1.29, 1.82) is 0 Å². The number of amides is 1. The summed E-state index contributed by atoms with van der Waals surface area (Å²) < 4.78 is 5.54. The molecule has 3 rings (SSSR count). The smallest absolute Gasteiger partial charge is 0.258 e. The zero-order valence-corrected chi connectivity index (χ0v) is 11.0. The Morgan fingerprint density at radius 2 is 2.21 bits per heavy atom. The SMILES string of the molecule is N[C@@H]1CCCc2ccc(OCC(=O)NC3CC3)cc21. The largest absolute Gasteiger partial charge is 0.484 e. The van der Waals surface area contributed by atoms with Crippen LogP contribution in [0.5, 0.6) is 5.75 Å². The summed E-state index contributed by atoms with van der Waals surface area (Å²) in [6.45, 7) is 0.0878. The molecule has 1 fully saturated rings. The van der Waals surface area contributed by atoms with Gasteiger partial charge in [0, 0.05) is 12.1 Å². The molecular formula is C15H20N2O2. The number of hydrogen-bond donors (Lipinski definition) is 2. The molecule has 0 aromatic heterocycles. The van der Waals surface area contributed by atoms with Crippen molar-refractivity contribution < 1.29 is 9.53 Å². The summed E-state index contributed by atoms with van der Waals surface area (Å²) in [5.41, 5.74) is 8.60. The Morgan fingerprint density at radius 3 is 3.00 bits per heavy atom. The molecule has 19 heavy (non-hydrogen) atoms. The number of ether oxygens (including phenoxy) is 1. The molecule has 0 unspecified atom stereocenters. The van der Waals surface area contributed by atoms with Gasteiger partial charge in [-0.15, -0.1) is 0 Å². The lowest BCUT2D eigenvalue weighted by Crippen LogP contribution is -2.30. The van der Waals surface area contributed by atoms with Crippen LogP contribution >= 0.6 is 0 Å². The van der Waals surface area contributed by atoms with Crippen molar-refractivity contribution in [2.45, 2.75) is 44.2 Å². The van der Waals surface area contributed by atoms with Crippen molar-refractivity contribution in [3.63, 3.8) is 0 Å². The first kappa shape index (κ1) is 12.5. The molecule has 4 heteroatoms. The monoisotopic (exact) mass is 260 g/mol. The van der Waals surface area contributed by atoms with E-state index in [1.165, 1.54) is 11.1 Å². The van der Waals surface area contributed by atoms with Gasteiger partial charge in [0.1, 0.15) is 5.75 Å². The molecule has 0 aliphatic heterocycles. The van der Waals surface area contributed by atoms with Crippen LogP contribution in [0.25, 0.3) is 0 Å². The Hall–Kier alpha value is -1.55. The highest BCUT2D eigenvalue weighted by atomic mass is 16.5. The maximum absolute atomic E-state index is 11.6. The van der Waals surface area contributed by atoms with Crippen molar-refractivity contribution in [3.05, 3.63) is 29.3 Å². The van der Waals surface area contributed by atoms with Gasteiger partial charge in [0.15, 0.2) is 6.61 Å². The van der Waals surface area contributed by atoms with Gasteiger partial charge in [0.2, 0.25) is 0 Å². The Bertz CT molecular complexity index is 483. The fourth-order valence-corrected chi connectivity index (χ4v) is 2.55. The van der Waals surface area contributed by atoms with Gasteiger partial charge < -0.3 is 15.8 Å². The van der Waals surface area contributed by atoms with Crippen LogP contribution in [0.4, 0.5) is 0 Å². The van der Waals surface area contributed by atoms with Crippen LogP contribution in [-0.2, 0) is 11.2 Å². The van der Waals surface area contributed by atoms with Crippen LogP contribution in [0.15, 0.2) is 18.2 Å². The van der Waals surface area contributed by atoms with Crippen LogP contribution in [0.3, 0.4) is 0 Å². The first-order valence-corrected chi connectivity index (χ1v) is 7.03. The highest BCUT2D eigenvalue weighted by Crippen LogP contribution is 2.30. The molecule has 0 spiro atoms. The van der Waals surface area contributed by atoms with E-state index in [2.05, 4.69) is 11.4 Å². The summed E-state index contributed by atoms with van der Waals surface area (Å²) in [6, 6.07) is 6.48. The summed E-state index contributed by atoms with van der Waals surface area (Å²) >= 11 is 0. The molecule has 1 atom stereocenters. The second-order valence-electron chi connectivity index (χ2n) is 5.49. The predicted molar refractivity (Wildman–Crippen MR) is 73.0 cm³/mol. The number of rotatable bonds is 4. The third-order valence-electron chi connectivity index (χ3n) is 3.79. The molecule has 1 aromatic rings. The highest BCUT2D eigenvalue weighted by Gasteiger charge is 2.23. The number of carbonyl (C=O) groups excluding carboxylic acids is 1. The molecule has 3 N–H and O–H groups in total. The first-order valence-electron chi connectivity index (χ1n) is 7.03.